The number of hydrogen-bond donors (Lipinski definition) is 2. The molecule has 248 valence electrons. The molecule has 0 spiro atoms. The molecule has 45 heavy (non-hydrogen) atoms. The van der Waals surface area contributed by atoms with E-state index in [4.69, 9.17) is 24.1 Å². The van der Waals surface area contributed by atoms with E-state index in [2.05, 4.69) is 67.7 Å². The standard InChI is InChI=1S/C32H48N2O7S2Si2/c1-22-12-14-24(25-16-19-42-29(25)34(43(36)37)17-18-38-30(33)35)27(20-22)39-23-13-15-26(40-44(8,9)31(2,3)4)28(21-23)41-45(10,11)32(5,6)7/h12-16,19-21H,17-18H2,1-11H3,(H2,33,35)(H,36,37). The van der Waals surface area contributed by atoms with E-state index in [1.54, 1.807) is 0 Å². The Morgan fingerprint density at radius 1 is 0.889 bits per heavy atom. The maximum Gasteiger partial charge on any atom is 0.404 e. The molecule has 0 saturated carbocycles. The van der Waals surface area contributed by atoms with Gasteiger partial charge in [-0.1, -0.05) is 53.7 Å². The quantitative estimate of drug-likeness (QED) is 0.143. The zero-order chi connectivity index (χ0) is 34.0. The third-order valence-electron chi connectivity index (χ3n) is 8.51. The zero-order valence-corrected chi connectivity index (χ0v) is 31.9. The van der Waals surface area contributed by atoms with Crippen molar-refractivity contribution < 1.29 is 31.9 Å². The Morgan fingerprint density at radius 3 is 2.04 bits per heavy atom. The first-order valence-corrected chi connectivity index (χ1v) is 22.6. The molecule has 0 aliphatic rings. The van der Waals surface area contributed by atoms with Gasteiger partial charge in [-0.15, -0.1) is 11.3 Å². The van der Waals surface area contributed by atoms with E-state index in [0.29, 0.717) is 33.6 Å². The van der Waals surface area contributed by atoms with Crippen LogP contribution in [0.5, 0.6) is 23.0 Å². The fraction of sp³-hybridized carbons (Fsp3) is 0.469. The van der Waals surface area contributed by atoms with Crippen molar-refractivity contribution in [3.63, 3.8) is 0 Å². The number of anilines is 1. The van der Waals surface area contributed by atoms with Gasteiger partial charge in [-0.05, 0) is 78.4 Å². The Balaban J connectivity index is 2.08. The highest BCUT2D eigenvalue weighted by Crippen LogP contribution is 2.47. The van der Waals surface area contributed by atoms with Gasteiger partial charge < -0.3 is 24.1 Å². The van der Waals surface area contributed by atoms with Crippen molar-refractivity contribution in [2.45, 2.75) is 84.7 Å². The maximum absolute atomic E-state index is 12.3. The third kappa shape index (κ3) is 9.12. The molecule has 1 amide bonds. The molecule has 3 rings (SSSR count). The van der Waals surface area contributed by atoms with Crippen molar-refractivity contribution in [2.75, 3.05) is 17.5 Å². The van der Waals surface area contributed by atoms with E-state index >= 15 is 0 Å². The highest BCUT2D eigenvalue weighted by molar-refractivity contribution is 7.81. The Labute approximate surface area is 276 Å². The molecule has 3 aromatic rings. The van der Waals surface area contributed by atoms with Crippen LogP contribution in [-0.4, -0.2) is 44.6 Å². The fourth-order valence-electron chi connectivity index (χ4n) is 3.81. The molecule has 2 aromatic carbocycles. The Morgan fingerprint density at radius 2 is 1.49 bits per heavy atom. The van der Waals surface area contributed by atoms with Crippen LogP contribution in [0.25, 0.3) is 11.1 Å². The molecule has 0 fully saturated rings. The van der Waals surface area contributed by atoms with E-state index in [1.165, 1.54) is 15.6 Å². The van der Waals surface area contributed by atoms with E-state index in [1.807, 2.05) is 54.8 Å². The molecule has 0 aliphatic heterocycles. The number of benzene rings is 2. The van der Waals surface area contributed by atoms with Crippen molar-refractivity contribution in [1.82, 2.24) is 0 Å². The summed E-state index contributed by atoms with van der Waals surface area (Å²) in [6, 6.07) is 13.4. The second kappa shape index (κ2) is 13.9. The summed E-state index contributed by atoms with van der Waals surface area (Å²) in [6.07, 6.45) is -0.947. The summed E-state index contributed by atoms with van der Waals surface area (Å²) in [5, 5.41) is 2.33. The lowest BCUT2D eigenvalue weighted by Gasteiger charge is -2.39. The van der Waals surface area contributed by atoms with Crippen LogP contribution in [0, 0.1) is 6.92 Å². The average molecular weight is 693 g/mol. The van der Waals surface area contributed by atoms with E-state index in [-0.39, 0.29) is 23.2 Å². The van der Waals surface area contributed by atoms with Gasteiger partial charge in [0.2, 0.25) is 0 Å². The second-order valence-corrected chi connectivity index (χ2v) is 25.3. The Bertz CT molecular complexity index is 1530. The Hall–Kier alpha value is -2.85. The van der Waals surface area contributed by atoms with Gasteiger partial charge in [-0.25, -0.2) is 9.00 Å². The number of primary amides is 1. The van der Waals surface area contributed by atoms with Crippen molar-refractivity contribution in [2.24, 2.45) is 5.73 Å². The monoisotopic (exact) mass is 692 g/mol. The third-order valence-corrected chi connectivity index (χ3v) is 19.0. The molecule has 1 unspecified atom stereocenters. The van der Waals surface area contributed by atoms with Crippen LogP contribution < -0.4 is 23.6 Å². The second-order valence-electron chi connectivity index (χ2n) is 14.1. The summed E-state index contributed by atoms with van der Waals surface area (Å²) >= 11 is -1.07. The predicted octanol–water partition coefficient (Wildman–Crippen LogP) is 9.32. The molecule has 0 aliphatic carbocycles. The molecule has 1 aromatic heterocycles. The first kappa shape index (κ1) is 36.6. The molecule has 0 radical (unpaired) electrons. The van der Waals surface area contributed by atoms with Crippen molar-refractivity contribution >= 4 is 50.3 Å². The van der Waals surface area contributed by atoms with Gasteiger partial charge in [0.1, 0.15) is 34.6 Å². The normalized spacial score (nSPS) is 13.2. The highest BCUT2D eigenvalue weighted by Gasteiger charge is 2.42. The van der Waals surface area contributed by atoms with Crippen molar-refractivity contribution in [3.8, 4) is 34.1 Å². The fourth-order valence-corrected chi connectivity index (χ4v) is 7.49. The summed E-state index contributed by atoms with van der Waals surface area (Å²) in [5.74, 6) is 2.52. The van der Waals surface area contributed by atoms with E-state index < -0.39 is 34.0 Å². The number of carbonyl (C=O) groups excluding carboxylic acids is 1. The number of carbonyl (C=O) groups is 1. The van der Waals surface area contributed by atoms with Crippen molar-refractivity contribution in [1.29, 1.82) is 0 Å². The lowest BCUT2D eigenvalue weighted by atomic mass is 10.0. The number of thiophene rings is 1. The molecule has 9 nitrogen and oxygen atoms in total. The number of hydrogen-bond acceptors (Lipinski definition) is 7. The van der Waals surface area contributed by atoms with Gasteiger partial charge in [0.05, 0.1) is 6.54 Å². The molecule has 0 bridgehead atoms. The van der Waals surface area contributed by atoms with Gasteiger partial charge >= 0.3 is 6.09 Å². The topological polar surface area (TPSA) is 121 Å². The number of nitrogens with two attached hydrogens (primary N) is 1. The largest absolute Gasteiger partial charge is 0.541 e. The SMILES string of the molecule is Cc1ccc(-c2ccsc2N(CCOC(N)=O)S(=O)O)c(Oc2ccc(O[Si](C)(C)C(C)(C)C)c(O[Si](C)(C)C(C)(C)C)c2)c1. The average Bonchev–Trinajstić information content (AvgIpc) is 3.35. The molecular formula is C32H48N2O7S2Si2. The van der Waals surface area contributed by atoms with E-state index in [9.17, 15) is 13.6 Å². The molecule has 0 saturated heterocycles. The predicted molar refractivity (Wildman–Crippen MR) is 190 cm³/mol. The van der Waals surface area contributed by atoms with Gasteiger partial charge in [0, 0.05) is 17.2 Å². The number of aryl methyl sites for hydroxylation is 1. The lowest BCUT2D eigenvalue weighted by Crippen LogP contribution is -2.45. The van der Waals surface area contributed by atoms with Crippen LogP contribution in [0.1, 0.15) is 47.1 Å². The Kier molecular flexibility index (Phi) is 11.3. The number of nitrogens with zero attached hydrogens (tertiary/aromatic N) is 1. The van der Waals surface area contributed by atoms with Crippen LogP contribution in [0.2, 0.25) is 36.3 Å². The number of amides is 1. The van der Waals surface area contributed by atoms with Gasteiger partial charge in [0.15, 0.2) is 0 Å². The lowest BCUT2D eigenvalue weighted by molar-refractivity contribution is 0.160. The summed E-state index contributed by atoms with van der Waals surface area (Å²) < 4.78 is 48.7. The smallest absolute Gasteiger partial charge is 0.404 e. The minimum atomic E-state index is -2.37. The summed E-state index contributed by atoms with van der Waals surface area (Å²) in [7, 11) is -4.42. The molecular weight excluding hydrogens is 645 g/mol. The summed E-state index contributed by atoms with van der Waals surface area (Å²) in [5.41, 5.74) is 7.50. The van der Waals surface area contributed by atoms with Crippen LogP contribution in [0.4, 0.5) is 9.80 Å². The summed E-state index contributed by atoms with van der Waals surface area (Å²) in [6.45, 7) is 23.9. The van der Waals surface area contributed by atoms with Crippen LogP contribution in [0.3, 0.4) is 0 Å². The van der Waals surface area contributed by atoms with Gasteiger partial charge in [0.25, 0.3) is 27.9 Å². The maximum atomic E-state index is 12.3. The van der Waals surface area contributed by atoms with Crippen LogP contribution >= 0.6 is 11.3 Å². The molecule has 3 N–H and O–H groups in total. The van der Waals surface area contributed by atoms with Gasteiger partial charge in [-0.2, -0.15) is 0 Å². The zero-order valence-electron chi connectivity index (χ0n) is 28.3. The highest BCUT2D eigenvalue weighted by atomic mass is 32.2. The van der Waals surface area contributed by atoms with Gasteiger partial charge in [-0.3, -0.25) is 8.86 Å². The van der Waals surface area contributed by atoms with E-state index in [0.717, 1.165) is 11.1 Å². The first-order chi connectivity index (χ1) is 20.6. The number of ether oxygens (including phenoxy) is 2. The molecule has 1 heterocycles. The first-order valence-electron chi connectivity index (χ1n) is 14.8. The molecule has 13 heteroatoms. The minimum absolute atomic E-state index is 0.00319. The van der Waals surface area contributed by atoms with Crippen molar-refractivity contribution in [3.05, 3.63) is 53.4 Å². The van der Waals surface area contributed by atoms with Crippen LogP contribution in [0.15, 0.2) is 47.8 Å². The number of rotatable bonds is 12. The van der Waals surface area contributed by atoms with Crippen LogP contribution in [-0.2, 0) is 16.0 Å². The summed E-state index contributed by atoms with van der Waals surface area (Å²) in [4.78, 5) is 11.1. The minimum Gasteiger partial charge on any atom is -0.541 e. The molecule has 1 atom stereocenters.